The summed E-state index contributed by atoms with van der Waals surface area (Å²) >= 11 is 3.42. The molecule has 0 saturated carbocycles. The van der Waals surface area contributed by atoms with Crippen molar-refractivity contribution in [3.63, 3.8) is 0 Å². The minimum atomic E-state index is -0.284. The third-order valence-electron chi connectivity index (χ3n) is 5.35. The van der Waals surface area contributed by atoms with Crippen LogP contribution in [0.1, 0.15) is 16.7 Å². The van der Waals surface area contributed by atoms with Gasteiger partial charge < -0.3 is 19.7 Å². The predicted molar refractivity (Wildman–Crippen MR) is 127 cm³/mol. The zero-order valence-corrected chi connectivity index (χ0v) is 19.4. The lowest BCUT2D eigenvalue weighted by Crippen LogP contribution is -2.38. The fourth-order valence-corrected chi connectivity index (χ4v) is 3.71. The van der Waals surface area contributed by atoms with Gasteiger partial charge in [0.2, 0.25) is 0 Å². The summed E-state index contributed by atoms with van der Waals surface area (Å²) < 4.78 is 12.2. The number of nitrogens with zero attached hydrogens (tertiary/aromatic N) is 1. The van der Waals surface area contributed by atoms with Crippen LogP contribution in [0, 0.1) is 13.8 Å². The summed E-state index contributed by atoms with van der Waals surface area (Å²) in [6.07, 6.45) is 0. The number of halogens is 1. The van der Waals surface area contributed by atoms with Gasteiger partial charge in [-0.1, -0.05) is 40.2 Å². The van der Waals surface area contributed by atoms with Crippen LogP contribution in [-0.2, 0) is 16.1 Å². The Bertz CT molecular complexity index is 1160. The number of benzene rings is 3. The highest BCUT2D eigenvalue weighted by atomic mass is 79.9. The van der Waals surface area contributed by atoms with Gasteiger partial charge in [-0.15, -0.1) is 0 Å². The lowest BCUT2D eigenvalue weighted by Gasteiger charge is -2.30. The topological polar surface area (TPSA) is 67.9 Å². The van der Waals surface area contributed by atoms with Crippen molar-refractivity contribution < 1.29 is 19.1 Å². The molecule has 0 saturated heterocycles. The number of rotatable bonds is 6. The molecular weight excluding hydrogens is 472 g/mol. The Morgan fingerprint density at radius 3 is 2.69 bits per heavy atom. The van der Waals surface area contributed by atoms with Crippen molar-refractivity contribution >= 4 is 39.1 Å². The number of hydrogen-bond donors (Lipinski definition) is 1. The van der Waals surface area contributed by atoms with Crippen LogP contribution in [0.15, 0.2) is 65.1 Å². The molecule has 0 radical (unpaired) electrons. The Balaban J connectivity index is 1.47. The van der Waals surface area contributed by atoms with Gasteiger partial charge in [-0.05, 0) is 66.9 Å². The number of hydrogen-bond acceptors (Lipinski definition) is 4. The number of ether oxygens (including phenoxy) is 2. The predicted octanol–water partition coefficient (Wildman–Crippen LogP) is 5.01. The summed E-state index contributed by atoms with van der Waals surface area (Å²) in [5.41, 5.74) is 4.29. The van der Waals surface area contributed by atoms with Gasteiger partial charge in [0.1, 0.15) is 11.5 Å². The number of fused-ring (bicyclic) bond motifs is 1. The molecule has 0 fully saturated rings. The van der Waals surface area contributed by atoms with Crippen LogP contribution in [0.5, 0.6) is 11.5 Å². The lowest BCUT2D eigenvalue weighted by atomic mass is 10.1. The standard InChI is InChI=1S/C25H23BrN2O4/c1-16-4-3-5-22(17(16)2)31-14-24(29)27-20-10-11-23-21(12-20)28(25(30)15-32-23)13-18-6-8-19(26)9-7-18/h3-12H,13-15H2,1-2H3,(H,27,29). The summed E-state index contributed by atoms with van der Waals surface area (Å²) in [4.78, 5) is 26.7. The van der Waals surface area contributed by atoms with Crippen molar-refractivity contribution in [3.8, 4) is 11.5 Å². The van der Waals surface area contributed by atoms with Crippen LogP contribution in [-0.4, -0.2) is 25.0 Å². The van der Waals surface area contributed by atoms with E-state index in [9.17, 15) is 9.59 Å². The largest absolute Gasteiger partial charge is 0.483 e. The van der Waals surface area contributed by atoms with Crippen LogP contribution in [0.2, 0.25) is 0 Å². The second-order valence-electron chi connectivity index (χ2n) is 7.61. The van der Waals surface area contributed by atoms with Gasteiger partial charge in [0.15, 0.2) is 13.2 Å². The average molecular weight is 495 g/mol. The third-order valence-corrected chi connectivity index (χ3v) is 5.88. The summed E-state index contributed by atoms with van der Waals surface area (Å²) in [5, 5.41) is 2.84. The van der Waals surface area contributed by atoms with Crippen LogP contribution in [0.3, 0.4) is 0 Å². The van der Waals surface area contributed by atoms with Crippen LogP contribution < -0.4 is 19.7 Å². The molecule has 2 amide bonds. The average Bonchev–Trinajstić information content (AvgIpc) is 2.78. The van der Waals surface area contributed by atoms with Crippen molar-refractivity contribution in [1.29, 1.82) is 0 Å². The Kier molecular flexibility index (Phi) is 6.46. The smallest absolute Gasteiger partial charge is 0.265 e. The van der Waals surface area contributed by atoms with E-state index in [0.717, 1.165) is 21.2 Å². The molecule has 6 nitrogen and oxygen atoms in total. The fourth-order valence-electron chi connectivity index (χ4n) is 3.45. The maximum Gasteiger partial charge on any atom is 0.265 e. The summed E-state index contributed by atoms with van der Waals surface area (Å²) in [5.74, 6) is 0.868. The molecule has 0 unspecified atom stereocenters. The van der Waals surface area contributed by atoms with Gasteiger partial charge in [-0.3, -0.25) is 9.59 Å². The molecule has 0 atom stereocenters. The van der Waals surface area contributed by atoms with Crippen LogP contribution in [0.25, 0.3) is 0 Å². The Morgan fingerprint density at radius 1 is 1.12 bits per heavy atom. The molecule has 0 aromatic heterocycles. The first-order valence-corrected chi connectivity index (χ1v) is 11.0. The first-order valence-electron chi connectivity index (χ1n) is 10.2. The minimum absolute atomic E-state index is 0.0150. The summed E-state index contributed by atoms with van der Waals surface area (Å²) in [6.45, 7) is 4.25. The second kappa shape index (κ2) is 9.44. The van der Waals surface area contributed by atoms with Crippen molar-refractivity contribution in [3.05, 3.63) is 81.8 Å². The molecular formula is C25H23BrN2O4. The number of carbonyl (C=O) groups excluding carboxylic acids is 2. The van der Waals surface area contributed by atoms with Gasteiger partial charge in [-0.2, -0.15) is 0 Å². The molecule has 1 aliphatic rings. The van der Waals surface area contributed by atoms with E-state index in [0.29, 0.717) is 29.4 Å². The summed E-state index contributed by atoms with van der Waals surface area (Å²) in [7, 11) is 0. The highest BCUT2D eigenvalue weighted by molar-refractivity contribution is 9.10. The summed E-state index contributed by atoms with van der Waals surface area (Å²) in [6, 6.07) is 18.8. The molecule has 0 aliphatic carbocycles. The monoisotopic (exact) mass is 494 g/mol. The SMILES string of the molecule is Cc1cccc(OCC(=O)Nc2ccc3c(c2)N(Cc2ccc(Br)cc2)C(=O)CO3)c1C. The molecule has 4 rings (SSSR count). The van der Waals surface area contributed by atoms with E-state index in [4.69, 9.17) is 9.47 Å². The van der Waals surface area contributed by atoms with Crippen molar-refractivity contribution in [2.45, 2.75) is 20.4 Å². The number of anilines is 2. The lowest BCUT2D eigenvalue weighted by molar-refractivity contribution is -0.121. The van der Waals surface area contributed by atoms with Gasteiger partial charge in [-0.25, -0.2) is 0 Å². The van der Waals surface area contributed by atoms with E-state index >= 15 is 0 Å². The van der Waals surface area contributed by atoms with Crippen LogP contribution in [0.4, 0.5) is 11.4 Å². The molecule has 1 heterocycles. The molecule has 3 aromatic carbocycles. The van der Waals surface area contributed by atoms with Gasteiger partial charge in [0.25, 0.3) is 11.8 Å². The Hall–Kier alpha value is -3.32. The van der Waals surface area contributed by atoms with E-state index in [1.165, 1.54) is 0 Å². The number of nitrogens with one attached hydrogen (secondary N) is 1. The zero-order chi connectivity index (χ0) is 22.7. The van der Waals surface area contributed by atoms with Crippen molar-refractivity contribution in [1.82, 2.24) is 0 Å². The molecule has 7 heteroatoms. The Labute approximate surface area is 195 Å². The van der Waals surface area contributed by atoms with Crippen molar-refractivity contribution in [2.24, 2.45) is 0 Å². The molecule has 3 aromatic rings. The van der Waals surface area contributed by atoms with Gasteiger partial charge in [0, 0.05) is 10.2 Å². The highest BCUT2D eigenvalue weighted by Crippen LogP contribution is 2.35. The van der Waals surface area contributed by atoms with Crippen LogP contribution >= 0.6 is 15.9 Å². The fraction of sp³-hybridized carbons (Fsp3) is 0.200. The molecule has 0 spiro atoms. The number of carbonyl (C=O) groups is 2. The maximum absolute atomic E-state index is 12.6. The van der Waals surface area contributed by atoms with E-state index in [-0.39, 0.29) is 25.0 Å². The number of amides is 2. The molecule has 1 aliphatic heterocycles. The first-order chi connectivity index (χ1) is 15.4. The molecule has 0 bridgehead atoms. The highest BCUT2D eigenvalue weighted by Gasteiger charge is 2.26. The minimum Gasteiger partial charge on any atom is -0.483 e. The number of aryl methyl sites for hydroxylation is 1. The first kappa shape index (κ1) is 21.9. The van der Waals surface area contributed by atoms with E-state index in [2.05, 4.69) is 21.2 Å². The van der Waals surface area contributed by atoms with Crippen molar-refractivity contribution in [2.75, 3.05) is 23.4 Å². The second-order valence-corrected chi connectivity index (χ2v) is 8.53. The quantitative estimate of drug-likeness (QED) is 0.522. The molecule has 32 heavy (non-hydrogen) atoms. The van der Waals surface area contributed by atoms with E-state index in [1.807, 2.05) is 56.3 Å². The zero-order valence-electron chi connectivity index (χ0n) is 17.9. The van der Waals surface area contributed by atoms with Gasteiger partial charge in [0.05, 0.1) is 12.2 Å². The Morgan fingerprint density at radius 2 is 1.91 bits per heavy atom. The van der Waals surface area contributed by atoms with E-state index in [1.54, 1.807) is 23.1 Å². The molecule has 1 N–H and O–H groups in total. The molecule has 164 valence electrons. The third kappa shape index (κ3) is 4.94. The van der Waals surface area contributed by atoms with Gasteiger partial charge >= 0.3 is 0 Å². The normalized spacial score (nSPS) is 12.7. The van der Waals surface area contributed by atoms with E-state index < -0.39 is 0 Å². The maximum atomic E-state index is 12.6.